The maximum atomic E-state index is 7.85. The van der Waals surface area contributed by atoms with Gasteiger partial charge in [0.1, 0.15) is 5.84 Å². The lowest BCUT2D eigenvalue weighted by Crippen LogP contribution is -2.24. The van der Waals surface area contributed by atoms with Crippen molar-refractivity contribution in [1.82, 2.24) is 0 Å². The zero-order valence-corrected chi connectivity index (χ0v) is 12.6. The number of amidine groups is 1. The molecule has 1 atom stereocenters. The Morgan fingerprint density at radius 3 is 2.95 bits per heavy atom. The summed E-state index contributed by atoms with van der Waals surface area (Å²) in [6.07, 6.45) is 5.85. The van der Waals surface area contributed by atoms with Crippen LogP contribution in [0.5, 0.6) is 0 Å². The molecule has 1 unspecified atom stereocenters. The van der Waals surface area contributed by atoms with Crippen LogP contribution in [-0.4, -0.2) is 25.2 Å². The van der Waals surface area contributed by atoms with Crippen LogP contribution in [0.2, 0.25) is 0 Å². The summed E-state index contributed by atoms with van der Waals surface area (Å²) in [6.45, 7) is 4.44. The number of rotatable bonds is 5. The minimum atomic E-state index is 0.180. The molecule has 1 heterocycles. The number of nitrogens with one attached hydrogen (secondary N) is 1. The van der Waals surface area contributed by atoms with Crippen molar-refractivity contribution in [3.8, 4) is 0 Å². The third-order valence-electron chi connectivity index (χ3n) is 3.82. The molecule has 0 radical (unpaired) electrons. The van der Waals surface area contributed by atoms with Gasteiger partial charge in [-0.1, -0.05) is 19.4 Å². The molecular formula is C15H23N3S. The van der Waals surface area contributed by atoms with Crippen molar-refractivity contribution >= 4 is 23.3 Å². The molecule has 0 saturated carbocycles. The summed E-state index contributed by atoms with van der Waals surface area (Å²) in [5.41, 5.74) is 7.84. The fourth-order valence-corrected chi connectivity index (χ4v) is 3.55. The minimum absolute atomic E-state index is 0.180. The van der Waals surface area contributed by atoms with Crippen LogP contribution < -0.4 is 10.6 Å². The summed E-state index contributed by atoms with van der Waals surface area (Å²) < 4.78 is 0. The molecule has 2 rings (SSSR count). The van der Waals surface area contributed by atoms with Gasteiger partial charge in [-0.3, -0.25) is 5.41 Å². The lowest BCUT2D eigenvalue weighted by Gasteiger charge is -2.23. The fourth-order valence-electron chi connectivity index (χ4n) is 2.92. The molecule has 1 saturated heterocycles. The summed E-state index contributed by atoms with van der Waals surface area (Å²) in [7, 11) is 0. The van der Waals surface area contributed by atoms with Crippen molar-refractivity contribution in [3.05, 3.63) is 23.8 Å². The van der Waals surface area contributed by atoms with Gasteiger partial charge >= 0.3 is 0 Å². The summed E-state index contributed by atoms with van der Waals surface area (Å²) in [6, 6.07) is 6.22. The number of thioether (sulfide) groups is 1. The van der Waals surface area contributed by atoms with E-state index in [1.165, 1.54) is 19.3 Å². The summed E-state index contributed by atoms with van der Waals surface area (Å²) >= 11 is 1.66. The number of benzene rings is 1. The molecule has 0 amide bonds. The Morgan fingerprint density at radius 2 is 2.32 bits per heavy atom. The molecule has 0 aromatic heterocycles. The van der Waals surface area contributed by atoms with E-state index in [2.05, 4.69) is 24.0 Å². The zero-order valence-electron chi connectivity index (χ0n) is 11.8. The summed E-state index contributed by atoms with van der Waals surface area (Å²) in [4.78, 5) is 3.50. The third-order valence-corrected chi connectivity index (χ3v) is 4.60. The predicted molar refractivity (Wildman–Crippen MR) is 84.5 cm³/mol. The summed E-state index contributed by atoms with van der Waals surface area (Å²) in [5.74, 6) is 0.974. The SMILES string of the molecule is CCCC1CCN(c2cccc(SC)c2C(=N)N)C1. The zero-order chi connectivity index (χ0) is 13.8. The topological polar surface area (TPSA) is 53.1 Å². The van der Waals surface area contributed by atoms with Gasteiger partial charge in [0.15, 0.2) is 0 Å². The van der Waals surface area contributed by atoms with E-state index in [-0.39, 0.29) is 5.84 Å². The van der Waals surface area contributed by atoms with Gasteiger partial charge in [-0.2, -0.15) is 0 Å². The van der Waals surface area contributed by atoms with Gasteiger partial charge in [-0.25, -0.2) is 0 Å². The molecule has 1 aliphatic heterocycles. The van der Waals surface area contributed by atoms with Crippen LogP contribution in [0.1, 0.15) is 31.7 Å². The number of hydrogen-bond acceptors (Lipinski definition) is 3. The van der Waals surface area contributed by atoms with Crippen molar-refractivity contribution < 1.29 is 0 Å². The van der Waals surface area contributed by atoms with E-state index in [0.29, 0.717) is 0 Å². The second-order valence-corrected chi connectivity index (χ2v) is 6.01. The Balaban J connectivity index is 2.28. The van der Waals surface area contributed by atoms with Gasteiger partial charge in [-0.05, 0) is 37.1 Å². The molecule has 19 heavy (non-hydrogen) atoms. The van der Waals surface area contributed by atoms with Crippen molar-refractivity contribution in [2.75, 3.05) is 24.2 Å². The molecule has 0 spiro atoms. The first kappa shape index (κ1) is 14.3. The number of hydrogen-bond donors (Lipinski definition) is 2. The van der Waals surface area contributed by atoms with E-state index in [4.69, 9.17) is 11.1 Å². The van der Waals surface area contributed by atoms with Crippen LogP contribution in [0.4, 0.5) is 5.69 Å². The third kappa shape index (κ3) is 3.06. The average molecular weight is 277 g/mol. The van der Waals surface area contributed by atoms with E-state index in [0.717, 1.165) is 35.2 Å². The lowest BCUT2D eigenvalue weighted by atomic mass is 10.0. The Bertz CT molecular complexity index is 459. The normalized spacial score (nSPS) is 18.8. The van der Waals surface area contributed by atoms with Crippen molar-refractivity contribution in [3.63, 3.8) is 0 Å². The van der Waals surface area contributed by atoms with Gasteiger partial charge in [0.05, 0.1) is 5.56 Å². The van der Waals surface area contributed by atoms with E-state index < -0.39 is 0 Å². The van der Waals surface area contributed by atoms with E-state index in [1.54, 1.807) is 11.8 Å². The highest BCUT2D eigenvalue weighted by molar-refractivity contribution is 7.98. The molecule has 3 nitrogen and oxygen atoms in total. The first-order chi connectivity index (χ1) is 9.17. The quantitative estimate of drug-likeness (QED) is 0.493. The smallest absolute Gasteiger partial charge is 0.126 e. The highest BCUT2D eigenvalue weighted by Gasteiger charge is 2.25. The number of anilines is 1. The molecule has 1 aliphatic rings. The first-order valence-electron chi connectivity index (χ1n) is 6.93. The fraction of sp³-hybridized carbons (Fsp3) is 0.533. The Morgan fingerprint density at radius 1 is 1.53 bits per heavy atom. The van der Waals surface area contributed by atoms with E-state index in [1.807, 2.05) is 12.3 Å². The number of nitrogens with zero attached hydrogens (tertiary/aromatic N) is 1. The van der Waals surface area contributed by atoms with Crippen molar-refractivity contribution in [2.24, 2.45) is 11.7 Å². The van der Waals surface area contributed by atoms with E-state index >= 15 is 0 Å². The molecular weight excluding hydrogens is 254 g/mol. The second kappa shape index (κ2) is 6.33. The van der Waals surface area contributed by atoms with Crippen LogP contribution in [0, 0.1) is 11.3 Å². The van der Waals surface area contributed by atoms with Gasteiger partial charge < -0.3 is 10.6 Å². The molecule has 0 aliphatic carbocycles. The highest BCUT2D eigenvalue weighted by Crippen LogP contribution is 2.33. The molecule has 1 aromatic carbocycles. The number of nitrogen functional groups attached to an aromatic ring is 1. The van der Waals surface area contributed by atoms with Gasteiger partial charge in [0, 0.05) is 23.7 Å². The molecule has 4 heteroatoms. The standard InChI is InChI=1S/C15H23N3S/c1-3-5-11-8-9-18(10-11)12-6-4-7-13(19-2)14(12)15(16)17/h4,6-7,11H,3,5,8-10H2,1-2H3,(H3,16,17). The van der Waals surface area contributed by atoms with Gasteiger partial charge in [0.25, 0.3) is 0 Å². The Labute approximate surface area is 120 Å². The average Bonchev–Trinajstić information content (AvgIpc) is 2.86. The Hall–Kier alpha value is -1.16. The minimum Gasteiger partial charge on any atom is -0.384 e. The van der Waals surface area contributed by atoms with Crippen LogP contribution in [0.25, 0.3) is 0 Å². The predicted octanol–water partition coefficient (Wildman–Crippen LogP) is 3.32. The number of nitrogens with two attached hydrogens (primary N) is 1. The molecule has 3 N–H and O–H groups in total. The van der Waals surface area contributed by atoms with Crippen LogP contribution >= 0.6 is 11.8 Å². The van der Waals surface area contributed by atoms with Crippen molar-refractivity contribution in [2.45, 2.75) is 31.1 Å². The largest absolute Gasteiger partial charge is 0.384 e. The summed E-state index contributed by atoms with van der Waals surface area (Å²) in [5, 5.41) is 7.85. The highest BCUT2D eigenvalue weighted by atomic mass is 32.2. The van der Waals surface area contributed by atoms with Crippen LogP contribution in [0.3, 0.4) is 0 Å². The first-order valence-corrected chi connectivity index (χ1v) is 8.16. The maximum Gasteiger partial charge on any atom is 0.126 e. The van der Waals surface area contributed by atoms with Crippen LogP contribution in [-0.2, 0) is 0 Å². The van der Waals surface area contributed by atoms with Crippen LogP contribution in [0.15, 0.2) is 23.1 Å². The monoisotopic (exact) mass is 277 g/mol. The van der Waals surface area contributed by atoms with Gasteiger partial charge in [0.2, 0.25) is 0 Å². The molecule has 0 bridgehead atoms. The second-order valence-electron chi connectivity index (χ2n) is 5.16. The molecule has 1 fully saturated rings. The van der Waals surface area contributed by atoms with E-state index in [9.17, 15) is 0 Å². The maximum absolute atomic E-state index is 7.85. The molecule has 1 aromatic rings. The van der Waals surface area contributed by atoms with Gasteiger partial charge in [-0.15, -0.1) is 11.8 Å². The van der Waals surface area contributed by atoms with Crippen molar-refractivity contribution in [1.29, 1.82) is 5.41 Å². The molecule has 104 valence electrons. The Kier molecular flexibility index (Phi) is 4.75. The lowest BCUT2D eigenvalue weighted by molar-refractivity contribution is 0.530.